The molecule has 9 heteroatoms. The van der Waals surface area contributed by atoms with Gasteiger partial charge in [0.15, 0.2) is 6.61 Å². The van der Waals surface area contributed by atoms with Crippen molar-refractivity contribution in [1.82, 2.24) is 0 Å². The van der Waals surface area contributed by atoms with Gasteiger partial charge in [0.05, 0.1) is 4.92 Å². The number of anilines is 1. The highest BCUT2D eigenvalue weighted by atomic mass is 32.1. The Bertz CT molecular complexity index is 1160. The SMILES string of the molecule is Cc1ccc([N+](=O)[O-])c(NC(=O)COC(=O)c2sc3cccc(F)c3c2C)c1C. The van der Waals surface area contributed by atoms with Crippen LogP contribution in [0.15, 0.2) is 30.3 Å². The van der Waals surface area contributed by atoms with Gasteiger partial charge in [-0.3, -0.25) is 14.9 Å². The van der Waals surface area contributed by atoms with Crippen LogP contribution in [-0.2, 0) is 9.53 Å². The zero-order valence-corrected chi connectivity index (χ0v) is 16.7. The molecule has 2 aromatic carbocycles. The van der Waals surface area contributed by atoms with E-state index in [1.807, 2.05) is 0 Å². The third kappa shape index (κ3) is 3.95. The first-order valence-corrected chi connectivity index (χ1v) is 9.41. The molecule has 0 saturated heterocycles. The van der Waals surface area contributed by atoms with Crippen molar-refractivity contribution in [3.8, 4) is 0 Å². The Labute approximate surface area is 169 Å². The molecule has 1 N–H and O–H groups in total. The number of nitrogens with zero attached hydrogens (tertiary/aromatic N) is 1. The van der Waals surface area contributed by atoms with Gasteiger partial charge >= 0.3 is 5.97 Å². The number of nitro benzene ring substituents is 1. The Morgan fingerprint density at radius 1 is 1.17 bits per heavy atom. The molecular weight excluding hydrogens is 399 g/mol. The summed E-state index contributed by atoms with van der Waals surface area (Å²) < 4.78 is 19.6. The first-order valence-electron chi connectivity index (χ1n) is 8.60. The Hall–Kier alpha value is -3.33. The standard InChI is InChI=1S/C20H17FN2O5S/c1-10-7-8-14(23(26)27)18(11(10)2)22-16(24)9-28-20(25)19-12(3)17-13(21)5-4-6-15(17)29-19/h4-8H,9H2,1-3H3,(H,22,24). The third-order valence-electron chi connectivity index (χ3n) is 4.60. The average Bonchev–Trinajstić information content (AvgIpc) is 3.01. The number of aryl methyl sites for hydroxylation is 2. The first kappa shape index (κ1) is 20.4. The van der Waals surface area contributed by atoms with Gasteiger partial charge in [0.1, 0.15) is 16.4 Å². The van der Waals surface area contributed by atoms with Crippen LogP contribution in [0.1, 0.15) is 26.4 Å². The lowest BCUT2D eigenvalue weighted by atomic mass is 10.1. The summed E-state index contributed by atoms with van der Waals surface area (Å²) in [5.41, 5.74) is 1.58. The summed E-state index contributed by atoms with van der Waals surface area (Å²) in [4.78, 5) is 35.4. The molecule has 0 aliphatic carbocycles. The Morgan fingerprint density at radius 3 is 2.55 bits per heavy atom. The minimum atomic E-state index is -0.756. The minimum absolute atomic E-state index is 0.0659. The Balaban J connectivity index is 1.75. The average molecular weight is 416 g/mol. The number of rotatable bonds is 5. The maximum atomic E-state index is 14.0. The molecule has 0 bridgehead atoms. The van der Waals surface area contributed by atoms with Crippen LogP contribution >= 0.6 is 11.3 Å². The van der Waals surface area contributed by atoms with Crippen LogP contribution in [0.4, 0.5) is 15.8 Å². The number of halogens is 1. The van der Waals surface area contributed by atoms with Crippen molar-refractivity contribution >= 4 is 44.7 Å². The smallest absolute Gasteiger partial charge is 0.349 e. The van der Waals surface area contributed by atoms with Crippen molar-refractivity contribution < 1.29 is 23.6 Å². The van der Waals surface area contributed by atoms with Crippen molar-refractivity contribution in [3.05, 3.63) is 67.8 Å². The molecule has 0 radical (unpaired) electrons. The molecule has 3 aromatic rings. The van der Waals surface area contributed by atoms with Crippen LogP contribution < -0.4 is 5.32 Å². The van der Waals surface area contributed by atoms with Gasteiger partial charge < -0.3 is 10.1 Å². The van der Waals surface area contributed by atoms with E-state index in [2.05, 4.69) is 5.32 Å². The van der Waals surface area contributed by atoms with Crippen LogP contribution in [-0.4, -0.2) is 23.4 Å². The third-order valence-corrected chi connectivity index (χ3v) is 5.83. The molecule has 0 spiro atoms. The van der Waals surface area contributed by atoms with Crippen molar-refractivity contribution in [2.45, 2.75) is 20.8 Å². The molecule has 0 fully saturated rings. The van der Waals surface area contributed by atoms with Crippen LogP contribution in [0.25, 0.3) is 10.1 Å². The molecule has 29 heavy (non-hydrogen) atoms. The minimum Gasteiger partial charge on any atom is -0.451 e. The predicted molar refractivity (Wildman–Crippen MR) is 108 cm³/mol. The van der Waals surface area contributed by atoms with Crippen LogP contribution in [0, 0.1) is 36.7 Å². The van der Waals surface area contributed by atoms with Crippen molar-refractivity contribution in [1.29, 1.82) is 0 Å². The van der Waals surface area contributed by atoms with E-state index < -0.39 is 29.2 Å². The van der Waals surface area contributed by atoms with E-state index in [0.717, 1.165) is 16.9 Å². The summed E-state index contributed by atoms with van der Waals surface area (Å²) in [7, 11) is 0. The number of carbonyl (C=O) groups excluding carboxylic acids is 2. The van der Waals surface area contributed by atoms with Gasteiger partial charge in [0, 0.05) is 16.2 Å². The summed E-state index contributed by atoms with van der Waals surface area (Å²) in [5.74, 6) is -1.90. The topological polar surface area (TPSA) is 98.5 Å². The van der Waals surface area contributed by atoms with E-state index >= 15 is 0 Å². The first-order chi connectivity index (χ1) is 13.7. The van der Waals surface area contributed by atoms with E-state index in [9.17, 15) is 24.1 Å². The second kappa shape index (κ2) is 7.96. The van der Waals surface area contributed by atoms with Crippen molar-refractivity contribution in [3.63, 3.8) is 0 Å². The molecule has 0 saturated carbocycles. The van der Waals surface area contributed by atoms with E-state index in [4.69, 9.17) is 4.74 Å². The van der Waals surface area contributed by atoms with Crippen LogP contribution in [0.3, 0.4) is 0 Å². The second-order valence-electron chi connectivity index (χ2n) is 6.45. The normalized spacial score (nSPS) is 10.8. The van der Waals surface area contributed by atoms with Crippen LogP contribution in [0.5, 0.6) is 0 Å². The molecule has 1 amide bonds. The number of nitrogens with one attached hydrogen (secondary N) is 1. The highest BCUT2D eigenvalue weighted by Crippen LogP contribution is 2.33. The summed E-state index contributed by atoms with van der Waals surface area (Å²) in [6.45, 7) is 4.40. The van der Waals surface area contributed by atoms with Gasteiger partial charge in [-0.25, -0.2) is 9.18 Å². The predicted octanol–water partition coefficient (Wildman–Crippen LogP) is 4.67. The summed E-state index contributed by atoms with van der Waals surface area (Å²) in [6.07, 6.45) is 0. The molecule has 0 aliphatic rings. The maximum Gasteiger partial charge on any atom is 0.349 e. The van der Waals surface area contributed by atoms with Gasteiger partial charge in [-0.05, 0) is 49.6 Å². The van der Waals surface area contributed by atoms with E-state index in [-0.39, 0.29) is 16.3 Å². The fourth-order valence-electron chi connectivity index (χ4n) is 2.93. The number of hydrogen-bond acceptors (Lipinski definition) is 6. The molecule has 3 rings (SSSR count). The number of ether oxygens (including phenoxy) is 1. The van der Waals surface area contributed by atoms with Gasteiger partial charge in [-0.1, -0.05) is 12.1 Å². The highest BCUT2D eigenvalue weighted by molar-refractivity contribution is 7.21. The van der Waals surface area contributed by atoms with Gasteiger partial charge in [-0.2, -0.15) is 0 Å². The van der Waals surface area contributed by atoms with Gasteiger partial charge in [0.2, 0.25) is 0 Å². The number of fused-ring (bicyclic) bond motifs is 1. The number of nitro groups is 1. The number of esters is 1. The van der Waals surface area contributed by atoms with Gasteiger partial charge in [-0.15, -0.1) is 11.3 Å². The molecule has 1 heterocycles. The number of carbonyl (C=O) groups is 2. The molecule has 0 unspecified atom stereocenters. The van der Waals surface area contributed by atoms with E-state index in [1.165, 1.54) is 12.1 Å². The fourth-order valence-corrected chi connectivity index (χ4v) is 4.05. The van der Waals surface area contributed by atoms with Gasteiger partial charge in [0.25, 0.3) is 11.6 Å². The molecule has 150 valence electrons. The molecule has 0 atom stereocenters. The van der Waals surface area contributed by atoms with E-state index in [1.54, 1.807) is 39.0 Å². The molecular formula is C20H17FN2O5S. The lowest BCUT2D eigenvalue weighted by Gasteiger charge is -2.11. The Kier molecular flexibility index (Phi) is 5.60. The summed E-state index contributed by atoms with van der Waals surface area (Å²) in [6, 6.07) is 7.44. The number of benzene rings is 2. The highest BCUT2D eigenvalue weighted by Gasteiger charge is 2.22. The quantitative estimate of drug-likeness (QED) is 0.370. The summed E-state index contributed by atoms with van der Waals surface area (Å²) >= 11 is 1.08. The zero-order valence-electron chi connectivity index (χ0n) is 15.9. The number of hydrogen-bond donors (Lipinski definition) is 1. The zero-order chi connectivity index (χ0) is 21.3. The maximum absolute atomic E-state index is 14.0. The summed E-state index contributed by atoms with van der Waals surface area (Å²) in [5, 5.41) is 14.0. The lowest BCUT2D eigenvalue weighted by Crippen LogP contribution is -2.22. The van der Waals surface area contributed by atoms with Crippen LogP contribution in [0.2, 0.25) is 0 Å². The van der Waals surface area contributed by atoms with Crippen molar-refractivity contribution in [2.24, 2.45) is 0 Å². The monoisotopic (exact) mass is 416 g/mol. The number of thiophene rings is 1. The lowest BCUT2D eigenvalue weighted by molar-refractivity contribution is -0.384. The Morgan fingerprint density at radius 2 is 1.90 bits per heavy atom. The van der Waals surface area contributed by atoms with Crippen molar-refractivity contribution in [2.75, 3.05) is 11.9 Å². The molecule has 0 aliphatic heterocycles. The van der Waals surface area contributed by atoms with E-state index in [0.29, 0.717) is 21.2 Å². The molecule has 1 aromatic heterocycles. The fraction of sp³-hybridized carbons (Fsp3) is 0.200. The number of amides is 1. The largest absolute Gasteiger partial charge is 0.451 e. The second-order valence-corrected chi connectivity index (χ2v) is 7.50. The molecule has 7 nitrogen and oxygen atoms in total.